The number of ether oxygens (including phenoxy) is 1. The fourth-order valence-corrected chi connectivity index (χ4v) is 1.97. The van der Waals surface area contributed by atoms with E-state index in [0.717, 1.165) is 39.0 Å². The van der Waals surface area contributed by atoms with Crippen LogP contribution >= 0.6 is 0 Å². The summed E-state index contributed by atoms with van der Waals surface area (Å²) in [7, 11) is 1.97. The molecule has 0 spiro atoms. The third-order valence-electron chi connectivity index (χ3n) is 2.93. The molecule has 0 bridgehead atoms. The van der Waals surface area contributed by atoms with Gasteiger partial charge in [-0.1, -0.05) is 0 Å². The second kappa shape index (κ2) is 5.28. The average Bonchev–Trinajstić information content (AvgIpc) is 2.76. The first-order valence-electron chi connectivity index (χ1n) is 5.66. The standard InChI is InChI=1S/C11H19N3O/c1-12-5-2-10-8-11(14-13-10)9-3-6-15-7-4-9/h8-9,12H,2-7H2,1H3,(H,13,14). The molecule has 0 atom stereocenters. The van der Waals surface area contributed by atoms with Crippen molar-refractivity contribution in [1.29, 1.82) is 0 Å². The second-order valence-electron chi connectivity index (χ2n) is 4.06. The van der Waals surface area contributed by atoms with Gasteiger partial charge >= 0.3 is 0 Å². The van der Waals surface area contributed by atoms with Gasteiger partial charge in [0.2, 0.25) is 0 Å². The predicted molar refractivity (Wildman–Crippen MR) is 59.0 cm³/mol. The zero-order valence-corrected chi connectivity index (χ0v) is 9.25. The van der Waals surface area contributed by atoms with Gasteiger partial charge in [-0.05, 0) is 26.0 Å². The molecule has 2 rings (SSSR count). The molecule has 1 aliphatic heterocycles. The Morgan fingerprint density at radius 3 is 3.07 bits per heavy atom. The molecule has 15 heavy (non-hydrogen) atoms. The minimum Gasteiger partial charge on any atom is -0.381 e. The lowest BCUT2D eigenvalue weighted by Gasteiger charge is -2.19. The summed E-state index contributed by atoms with van der Waals surface area (Å²) in [6.07, 6.45) is 3.24. The normalized spacial score (nSPS) is 18.2. The number of aromatic amines is 1. The van der Waals surface area contributed by atoms with Crippen molar-refractivity contribution in [3.63, 3.8) is 0 Å². The second-order valence-corrected chi connectivity index (χ2v) is 4.06. The van der Waals surface area contributed by atoms with Gasteiger partial charge in [-0.15, -0.1) is 0 Å². The summed E-state index contributed by atoms with van der Waals surface area (Å²) in [5.41, 5.74) is 2.44. The number of likely N-dealkylation sites (N-methyl/N-ethyl adjacent to an activating group) is 1. The average molecular weight is 209 g/mol. The van der Waals surface area contributed by atoms with Gasteiger partial charge in [0.05, 0.1) is 5.69 Å². The van der Waals surface area contributed by atoms with Gasteiger partial charge in [-0.3, -0.25) is 5.10 Å². The molecule has 1 aromatic rings. The lowest BCUT2D eigenvalue weighted by atomic mass is 9.96. The van der Waals surface area contributed by atoms with Crippen LogP contribution in [0.1, 0.15) is 30.1 Å². The summed E-state index contributed by atoms with van der Waals surface area (Å²) >= 11 is 0. The van der Waals surface area contributed by atoms with Gasteiger partial charge in [-0.25, -0.2) is 0 Å². The van der Waals surface area contributed by atoms with Crippen LogP contribution in [0, 0.1) is 0 Å². The molecular weight excluding hydrogens is 190 g/mol. The summed E-state index contributed by atoms with van der Waals surface area (Å²) in [4.78, 5) is 0. The van der Waals surface area contributed by atoms with Gasteiger partial charge in [-0.2, -0.15) is 5.10 Å². The quantitative estimate of drug-likeness (QED) is 0.779. The lowest BCUT2D eigenvalue weighted by Crippen LogP contribution is -2.14. The van der Waals surface area contributed by atoms with Crippen molar-refractivity contribution >= 4 is 0 Å². The maximum absolute atomic E-state index is 5.34. The Hall–Kier alpha value is -0.870. The van der Waals surface area contributed by atoms with Gasteiger partial charge in [0.1, 0.15) is 0 Å². The summed E-state index contributed by atoms with van der Waals surface area (Å²) in [5, 5.41) is 10.6. The Morgan fingerprint density at radius 1 is 1.53 bits per heavy atom. The van der Waals surface area contributed by atoms with Crippen molar-refractivity contribution in [3.05, 3.63) is 17.5 Å². The highest BCUT2D eigenvalue weighted by Gasteiger charge is 2.18. The first kappa shape index (κ1) is 10.6. The Morgan fingerprint density at radius 2 is 2.33 bits per heavy atom. The molecule has 0 saturated carbocycles. The van der Waals surface area contributed by atoms with E-state index in [-0.39, 0.29) is 0 Å². The Kier molecular flexibility index (Phi) is 3.75. The van der Waals surface area contributed by atoms with Crippen LogP contribution in [0.3, 0.4) is 0 Å². The van der Waals surface area contributed by atoms with Crippen LogP contribution in [0.25, 0.3) is 0 Å². The van der Waals surface area contributed by atoms with Crippen molar-refractivity contribution in [2.45, 2.75) is 25.2 Å². The molecule has 0 amide bonds. The van der Waals surface area contributed by atoms with Crippen molar-refractivity contribution in [3.8, 4) is 0 Å². The fourth-order valence-electron chi connectivity index (χ4n) is 1.97. The van der Waals surface area contributed by atoms with Gasteiger partial charge in [0.25, 0.3) is 0 Å². The molecule has 0 unspecified atom stereocenters. The van der Waals surface area contributed by atoms with E-state index >= 15 is 0 Å². The third-order valence-corrected chi connectivity index (χ3v) is 2.93. The maximum atomic E-state index is 5.34. The molecule has 1 aliphatic rings. The number of nitrogens with one attached hydrogen (secondary N) is 2. The van der Waals surface area contributed by atoms with E-state index in [0.29, 0.717) is 5.92 Å². The third kappa shape index (κ3) is 2.79. The number of H-pyrrole nitrogens is 1. The molecule has 0 radical (unpaired) electrons. The first-order valence-corrected chi connectivity index (χ1v) is 5.66. The molecule has 2 N–H and O–H groups in total. The minimum atomic E-state index is 0.596. The van der Waals surface area contributed by atoms with Crippen LogP contribution in [0.5, 0.6) is 0 Å². The predicted octanol–water partition coefficient (Wildman–Crippen LogP) is 1.07. The van der Waals surface area contributed by atoms with Crippen LogP contribution in [0.4, 0.5) is 0 Å². The molecule has 0 aromatic carbocycles. The van der Waals surface area contributed by atoms with Crippen LogP contribution < -0.4 is 5.32 Å². The van der Waals surface area contributed by atoms with Crippen LogP contribution in [-0.4, -0.2) is 37.0 Å². The Labute approximate surface area is 90.4 Å². The number of aromatic nitrogens is 2. The summed E-state index contributed by atoms with van der Waals surface area (Å²) in [5.74, 6) is 0.596. The van der Waals surface area contributed by atoms with E-state index in [4.69, 9.17) is 4.74 Å². The van der Waals surface area contributed by atoms with E-state index in [1.54, 1.807) is 0 Å². The van der Waals surface area contributed by atoms with Gasteiger partial charge in [0.15, 0.2) is 0 Å². The Balaban J connectivity index is 1.93. The van der Waals surface area contributed by atoms with Crippen molar-refractivity contribution < 1.29 is 4.74 Å². The van der Waals surface area contributed by atoms with Gasteiger partial charge in [0, 0.05) is 37.8 Å². The molecule has 84 valence electrons. The van der Waals surface area contributed by atoms with Crippen LogP contribution in [0.2, 0.25) is 0 Å². The summed E-state index contributed by atoms with van der Waals surface area (Å²) in [6, 6.07) is 2.20. The highest BCUT2D eigenvalue weighted by molar-refractivity contribution is 5.14. The highest BCUT2D eigenvalue weighted by atomic mass is 16.5. The van der Waals surface area contributed by atoms with Crippen molar-refractivity contribution in [1.82, 2.24) is 15.5 Å². The van der Waals surface area contributed by atoms with Gasteiger partial charge < -0.3 is 10.1 Å². The maximum Gasteiger partial charge on any atom is 0.0657 e. The van der Waals surface area contributed by atoms with Crippen LogP contribution in [-0.2, 0) is 11.2 Å². The highest BCUT2D eigenvalue weighted by Crippen LogP contribution is 2.25. The smallest absolute Gasteiger partial charge is 0.0657 e. The molecule has 1 aromatic heterocycles. The Bertz CT molecular complexity index is 292. The summed E-state index contributed by atoms with van der Waals surface area (Å²) < 4.78 is 5.34. The number of hydrogen-bond acceptors (Lipinski definition) is 3. The molecular formula is C11H19N3O. The molecule has 1 saturated heterocycles. The topological polar surface area (TPSA) is 49.9 Å². The molecule has 1 fully saturated rings. The lowest BCUT2D eigenvalue weighted by molar-refractivity contribution is 0.0845. The van der Waals surface area contributed by atoms with E-state index in [1.807, 2.05) is 7.05 Å². The van der Waals surface area contributed by atoms with E-state index < -0.39 is 0 Å². The number of nitrogens with zero attached hydrogens (tertiary/aromatic N) is 1. The zero-order chi connectivity index (χ0) is 10.5. The molecule has 2 heterocycles. The number of rotatable bonds is 4. The molecule has 4 heteroatoms. The first-order chi connectivity index (χ1) is 7.40. The van der Waals surface area contributed by atoms with Crippen molar-refractivity contribution in [2.24, 2.45) is 0 Å². The fraction of sp³-hybridized carbons (Fsp3) is 0.727. The monoisotopic (exact) mass is 209 g/mol. The summed E-state index contributed by atoms with van der Waals surface area (Å²) in [6.45, 7) is 2.75. The zero-order valence-electron chi connectivity index (χ0n) is 9.25. The SMILES string of the molecule is CNCCc1cc(C2CCOCC2)n[nH]1. The minimum absolute atomic E-state index is 0.596. The van der Waals surface area contributed by atoms with Crippen molar-refractivity contribution in [2.75, 3.05) is 26.8 Å². The molecule has 4 nitrogen and oxygen atoms in total. The molecule has 0 aliphatic carbocycles. The van der Waals surface area contributed by atoms with E-state index in [9.17, 15) is 0 Å². The van der Waals surface area contributed by atoms with E-state index in [2.05, 4.69) is 21.6 Å². The largest absolute Gasteiger partial charge is 0.381 e. The van der Waals surface area contributed by atoms with Crippen LogP contribution in [0.15, 0.2) is 6.07 Å². The number of hydrogen-bond donors (Lipinski definition) is 2. The van der Waals surface area contributed by atoms with E-state index in [1.165, 1.54) is 11.4 Å².